The SMILES string of the molecule is O=c1[nH]cccc1Cn1c(=O)nc(-c2ccccc2)n(CC2C=C(F)C(F)=C(F)C2)c1=O. The van der Waals surface area contributed by atoms with Crippen molar-refractivity contribution in [1.82, 2.24) is 19.1 Å². The standard InChI is InChI=1S/C22H17F3N4O3/c23-16-9-13(10-17(24)18(16)25)11-28-19(14-5-2-1-3-6-14)27-21(31)29(22(28)32)12-15-7-4-8-26-20(15)30/h1-9,13H,10-12H2,(H,26,30). The number of nitrogens with one attached hydrogen (secondary N) is 1. The van der Waals surface area contributed by atoms with E-state index < -0.39 is 46.8 Å². The van der Waals surface area contributed by atoms with E-state index in [1.807, 2.05) is 0 Å². The maximum atomic E-state index is 13.8. The minimum absolute atomic E-state index is 0.00284. The maximum absolute atomic E-state index is 13.8. The van der Waals surface area contributed by atoms with Gasteiger partial charge < -0.3 is 4.98 Å². The van der Waals surface area contributed by atoms with Crippen molar-refractivity contribution in [3.05, 3.63) is 109 Å². The van der Waals surface area contributed by atoms with Gasteiger partial charge in [0, 0.05) is 36.2 Å². The van der Waals surface area contributed by atoms with E-state index in [4.69, 9.17) is 0 Å². The molecule has 1 aliphatic rings. The lowest BCUT2D eigenvalue weighted by molar-refractivity contribution is 0.390. The van der Waals surface area contributed by atoms with E-state index in [9.17, 15) is 27.6 Å². The van der Waals surface area contributed by atoms with Crippen molar-refractivity contribution in [2.75, 3.05) is 0 Å². The molecule has 7 nitrogen and oxygen atoms in total. The Morgan fingerprint density at radius 1 is 1.00 bits per heavy atom. The fourth-order valence-corrected chi connectivity index (χ4v) is 3.53. The fourth-order valence-electron chi connectivity index (χ4n) is 3.53. The van der Waals surface area contributed by atoms with Gasteiger partial charge >= 0.3 is 11.4 Å². The fraction of sp³-hybridized carbons (Fsp3) is 0.182. The quantitative estimate of drug-likeness (QED) is 0.658. The number of aromatic nitrogens is 4. The Bertz CT molecular complexity index is 1400. The topological polar surface area (TPSA) is 89.8 Å². The first-order valence-electron chi connectivity index (χ1n) is 9.70. The first-order valence-corrected chi connectivity index (χ1v) is 9.70. The number of rotatable bonds is 5. The van der Waals surface area contributed by atoms with Gasteiger partial charge in [0.1, 0.15) is 11.7 Å². The molecule has 1 unspecified atom stereocenters. The number of hydrogen-bond acceptors (Lipinski definition) is 4. The van der Waals surface area contributed by atoms with E-state index in [-0.39, 0.29) is 24.5 Å². The highest BCUT2D eigenvalue weighted by molar-refractivity contribution is 5.54. The average Bonchev–Trinajstić information content (AvgIpc) is 2.78. The summed E-state index contributed by atoms with van der Waals surface area (Å²) in [5.41, 5.74) is -1.56. The first-order chi connectivity index (χ1) is 15.3. The van der Waals surface area contributed by atoms with Crippen molar-refractivity contribution in [1.29, 1.82) is 0 Å². The molecule has 0 saturated carbocycles. The van der Waals surface area contributed by atoms with E-state index in [1.165, 1.54) is 12.3 Å². The molecule has 164 valence electrons. The van der Waals surface area contributed by atoms with Crippen LogP contribution in [-0.2, 0) is 13.1 Å². The molecule has 4 rings (SSSR count). The molecule has 1 atom stereocenters. The molecule has 1 aromatic carbocycles. The molecule has 2 aromatic heterocycles. The van der Waals surface area contributed by atoms with Crippen molar-refractivity contribution in [2.24, 2.45) is 5.92 Å². The van der Waals surface area contributed by atoms with Crippen molar-refractivity contribution >= 4 is 0 Å². The summed E-state index contributed by atoms with van der Waals surface area (Å²) in [6.45, 7) is -0.594. The van der Waals surface area contributed by atoms with Gasteiger partial charge in [0.25, 0.3) is 5.56 Å². The highest BCUT2D eigenvalue weighted by Crippen LogP contribution is 2.32. The van der Waals surface area contributed by atoms with Crippen molar-refractivity contribution < 1.29 is 13.2 Å². The van der Waals surface area contributed by atoms with Crippen LogP contribution in [0, 0.1) is 5.92 Å². The third-order valence-corrected chi connectivity index (χ3v) is 5.10. The Balaban J connectivity index is 1.84. The number of hydrogen-bond donors (Lipinski definition) is 1. The Morgan fingerprint density at radius 2 is 1.75 bits per heavy atom. The summed E-state index contributed by atoms with van der Waals surface area (Å²) in [6.07, 6.45) is 1.86. The zero-order valence-electron chi connectivity index (χ0n) is 16.6. The van der Waals surface area contributed by atoms with Crippen LogP contribution >= 0.6 is 0 Å². The van der Waals surface area contributed by atoms with Gasteiger partial charge in [0.2, 0.25) is 0 Å². The van der Waals surface area contributed by atoms with Gasteiger partial charge in [0.15, 0.2) is 11.7 Å². The number of halogens is 3. The zero-order valence-corrected chi connectivity index (χ0v) is 16.6. The lowest BCUT2D eigenvalue weighted by Gasteiger charge is -2.20. The zero-order chi connectivity index (χ0) is 22.8. The Labute approximate surface area is 178 Å². The summed E-state index contributed by atoms with van der Waals surface area (Å²) < 4.78 is 42.9. The van der Waals surface area contributed by atoms with Gasteiger partial charge in [-0.15, -0.1) is 0 Å². The molecule has 3 aromatic rings. The average molecular weight is 442 g/mol. The Hall–Kier alpha value is -3.95. The predicted molar refractivity (Wildman–Crippen MR) is 111 cm³/mol. The molecule has 0 amide bonds. The lowest BCUT2D eigenvalue weighted by Crippen LogP contribution is -2.44. The van der Waals surface area contributed by atoms with Gasteiger partial charge in [0.05, 0.1) is 6.54 Å². The maximum Gasteiger partial charge on any atom is 0.354 e. The number of allylic oxidation sites excluding steroid dienone is 4. The summed E-state index contributed by atoms with van der Waals surface area (Å²) in [6, 6.07) is 11.4. The molecule has 10 heteroatoms. The molecule has 0 bridgehead atoms. The number of H-pyrrole nitrogens is 1. The van der Waals surface area contributed by atoms with Crippen LogP contribution in [0.3, 0.4) is 0 Å². The predicted octanol–water partition coefficient (Wildman–Crippen LogP) is 2.83. The van der Waals surface area contributed by atoms with E-state index in [0.717, 1.165) is 15.2 Å². The van der Waals surface area contributed by atoms with Gasteiger partial charge in [-0.25, -0.2) is 27.3 Å². The van der Waals surface area contributed by atoms with E-state index in [0.29, 0.717) is 5.56 Å². The molecule has 32 heavy (non-hydrogen) atoms. The number of nitrogens with zero attached hydrogens (tertiary/aromatic N) is 3. The number of benzene rings is 1. The second-order valence-electron chi connectivity index (χ2n) is 7.29. The van der Waals surface area contributed by atoms with Gasteiger partial charge in [-0.3, -0.25) is 9.36 Å². The van der Waals surface area contributed by atoms with Crippen LogP contribution < -0.4 is 16.9 Å². The van der Waals surface area contributed by atoms with E-state index >= 15 is 0 Å². The van der Waals surface area contributed by atoms with Crippen LogP contribution in [0.1, 0.15) is 12.0 Å². The summed E-state index contributed by atoms with van der Waals surface area (Å²) in [4.78, 5) is 44.4. The van der Waals surface area contributed by atoms with E-state index in [1.54, 1.807) is 36.4 Å². The van der Waals surface area contributed by atoms with Crippen LogP contribution in [0.5, 0.6) is 0 Å². The molecule has 0 saturated heterocycles. The number of pyridine rings is 1. The molecule has 0 aliphatic heterocycles. The van der Waals surface area contributed by atoms with Gasteiger partial charge in [-0.05, 0) is 12.1 Å². The van der Waals surface area contributed by atoms with Crippen molar-refractivity contribution in [3.63, 3.8) is 0 Å². The first kappa shape index (κ1) is 21.3. The summed E-state index contributed by atoms with van der Waals surface area (Å²) in [7, 11) is 0. The van der Waals surface area contributed by atoms with Crippen molar-refractivity contribution in [2.45, 2.75) is 19.5 Å². The molecule has 2 heterocycles. The smallest absolute Gasteiger partial charge is 0.329 e. The van der Waals surface area contributed by atoms with Crippen LogP contribution in [0.4, 0.5) is 13.2 Å². The molecule has 0 spiro atoms. The Kier molecular flexibility index (Phi) is 5.76. The van der Waals surface area contributed by atoms with Crippen LogP contribution in [0.25, 0.3) is 11.4 Å². The molecular formula is C22H17F3N4O3. The van der Waals surface area contributed by atoms with E-state index in [2.05, 4.69) is 9.97 Å². The third-order valence-electron chi connectivity index (χ3n) is 5.10. The second-order valence-corrected chi connectivity index (χ2v) is 7.29. The summed E-state index contributed by atoms with van der Waals surface area (Å²) in [5.74, 6) is -5.03. The highest BCUT2D eigenvalue weighted by Gasteiger charge is 2.25. The monoisotopic (exact) mass is 442 g/mol. The largest absolute Gasteiger partial charge is 0.354 e. The van der Waals surface area contributed by atoms with Crippen molar-refractivity contribution in [3.8, 4) is 11.4 Å². The molecular weight excluding hydrogens is 425 g/mol. The number of aromatic amines is 1. The summed E-state index contributed by atoms with van der Waals surface area (Å²) in [5, 5.41) is 0. The minimum Gasteiger partial charge on any atom is -0.329 e. The van der Waals surface area contributed by atoms with Crippen LogP contribution in [-0.4, -0.2) is 19.1 Å². The molecule has 0 fully saturated rings. The minimum atomic E-state index is -1.55. The normalized spacial score (nSPS) is 16.2. The molecule has 1 aliphatic carbocycles. The summed E-state index contributed by atoms with van der Waals surface area (Å²) >= 11 is 0. The second kappa shape index (κ2) is 8.66. The van der Waals surface area contributed by atoms with Gasteiger partial charge in [-0.2, -0.15) is 4.98 Å². The highest BCUT2D eigenvalue weighted by atomic mass is 19.2. The van der Waals surface area contributed by atoms with Crippen LogP contribution in [0.2, 0.25) is 0 Å². The molecule has 0 radical (unpaired) electrons. The Morgan fingerprint density at radius 3 is 2.44 bits per heavy atom. The third kappa shape index (κ3) is 4.11. The molecule has 1 N–H and O–H groups in total. The lowest BCUT2D eigenvalue weighted by atomic mass is 9.98. The van der Waals surface area contributed by atoms with Gasteiger partial charge in [-0.1, -0.05) is 36.4 Å². The van der Waals surface area contributed by atoms with Crippen LogP contribution in [0.15, 0.2) is 86.6 Å².